The van der Waals surface area contributed by atoms with Crippen LogP contribution in [0.1, 0.15) is 19.8 Å². The smallest absolute Gasteiger partial charge is 0.0128 e. The third-order valence-corrected chi connectivity index (χ3v) is 2.75. The van der Waals surface area contributed by atoms with Gasteiger partial charge < -0.3 is 4.90 Å². The molecule has 0 unspecified atom stereocenters. The first-order valence-electron chi connectivity index (χ1n) is 3.51. The molecule has 0 aromatic carbocycles. The van der Waals surface area contributed by atoms with E-state index < -0.39 is 0 Å². The van der Waals surface area contributed by atoms with Gasteiger partial charge in [0.1, 0.15) is 0 Å². The van der Waals surface area contributed by atoms with Gasteiger partial charge in [0.25, 0.3) is 0 Å². The summed E-state index contributed by atoms with van der Waals surface area (Å²) >= 11 is 0. The Kier molecular flexibility index (Phi) is 0.762. The van der Waals surface area contributed by atoms with E-state index in [0.29, 0.717) is 0 Å². The molecule has 0 spiro atoms. The summed E-state index contributed by atoms with van der Waals surface area (Å²) in [7, 11) is 2.25. The third-order valence-electron chi connectivity index (χ3n) is 2.75. The summed E-state index contributed by atoms with van der Waals surface area (Å²) in [6, 6.07) is 1.86. The van der Waals surface area contributed by atoms with E-state index in [-0.39, 0.29) is 0 Å². The van der Waals surface area contributed by atoms with Crippen molar-refractivity contribution in [3.05, 3.63) is 0 Å². The molecule has 1 nitrogen and oxygen atoms in total. The minimum atomic E-state index is 0.874. The predicted octanol–water partition coefficient (Wildman–Crippen LogP) is 1.10. The van der Waals surface area contributed by atoms with Gasteiger partial charge in [-0.1, -0.05) is 0 Å². The molecular formula is C7H13N. The van der Waals surface area contributed by atoms with E-state index in [1.165, 1.54) is 12.8 Å². The normalized spacial score (nSPS) is 54.0. The molecule has 0 amide bonds. The summed E-state index contributed by atoms with van der Waals surface area (Å²) in [5.41, 5.74) is 0. The third kappa shape index (κ3) is 0.455. The van der Waals surface area contributed by atoms with Crippen LogP contribution in [0.4, 0.5) is 0 Å². The molecule has 46 valence electrons. The molecule has 8 heavy (non-hydrogen) atoms. The van der Waals surface area contributed by atoms with Gasteiger partial charge in [0, 0.05) is 12.1 Å². The average molecular weight is 111 g/mol. The van der Waals surface area contributed by atoms with Crippen LogP contribution in [0.15, 0.2) is 0 Å². The van der Waals surface area contributed by atoms with Gasteiger partial charge in [0.15, 0.2) is 0 Å². The van der Waals surface area contributed by atoms with E-state index >= 15 is 0 Å². The fraction of sp³-hybridized carbons (Fsp3) is 1.00. The highest BCUT2D eigenvalue weighted by molar-refractivity contribution is 5.02. The highest BCUT2D eigenvalue weighted by atomic mass is 15.2. The van der Waals surface area contributed by atoms with Crippen molar-refractivity contribution in [3.63, 3.8) is 0 Å². The quantitative estimate of drug-likeness (QED) is 0.452. The summed E-state index contributed by atoms with van der Waals surface area (Å²) in [6.45, 7) is 2.33. The van der Waals surface area contributed by atoms with Crippen molar-refractivity contribution in [3.8, 4) is 0 Å². The summed E-state index contributed by atoms with van der Waals surface area (Å²) in [6.07, 6.45) is 2.95. The lowest BCUT2D eigenvalue weighted by atomic mass is 10.2. The predicted molar refractivity (Wildman–Crippen MR) is 33.7 cm³/mol. The first-order valence-corrected chi connectivity index (χ1v) is 3.51. The molecule has 0 bridgehead atoms. The van der Waals surface area contributed by atoms with Crippen molar-refractivity contribution in [1.29, 1.82) is 0 Å². The van der Waals surface area contributed by atoms with E-state index in [1.807, 2.05) is 0 Å². The maximum atomic E-state index is 2.52. The average Bonchev–Trinajstić information content (AvgIpc) is 2.39. The highest BCUT2D eigenvalue weighted by Crippen LogP contribution is 2.46. The Morgan fingerprint density at radius 2 is 2.12 bits per heavy atom. The lowest BCUT2D eigenvalue weighted by molar-refractivity contribution is 0.286. The monoisotopic (exact) mass is 111 g/mol. The maximum Gasteiger partial charge on any atom is 0.0128 e. The van der Waals surface area contributed by atoms with Crippen LogP contribution in [0.3, 0.4) is 0 Å². The largest absolute Gasteiger partial charge is 0.300 e. The molecule has 2 aliphatic rings. The number of piperidine rings is 1. The number of hydrogen-bond donors (Lipinski definition) is 0. The van der Waals surface area contributed by atoms with Crippen LogP contribution in [-0.4, -0.2) is 24.0 Å². The molecule has 1 saturated heterocycles. The molecule has 0 radical (unpaired) electrons. The number of hydrogen-bond acceptors (Lipinski definition) is 1. The first kappa shape index (κ1) is 4.80. The summed E-state index contributed by atoms with van der Waals surface area (Å²) in [5, 5.41) is 0. The zero-order chi connectivity index (χ0) is 5.72. The summed E-state index contributed by atoms with van der Waals surface area (Å²) in [5.74, 6) is 1.09. The Bertz CT molecular complexity index is 109. The SMILES string of the molecule is C[C@@H]1C[C@H]2C[C@H]2N1C. The minimum Gasteiger partial charge on any atom is -0.300 e. The molecule has 0 aromatic rings. The second-order valence-electron chi connectivity index (χ2n) is 3.31. The number of fused-ring (bicyclic) bond motifs is 1. The molecule has 2 fully saturated rings. The van der Waals surface area contributed by atoms with Gasteiger partial charge in [0.05, 0.1) is 0 Å². The molecular weight excluding hydrogens is 98.1 g/mol. The second kappa shape index (κ2) is 1.27. The lowest BCUT2D eigenvalue weighted by Crippen LogP contribution is -2.25. The molecule has 1 heteroatoms. The number of likely N-dealkylation sites (tertiary alicyclic amines) is 1. The van der Waals surface area contributed by atoms with Gasteiger partial charge in [-0.2, -0.15) is 0 Å². The Hall–Kier alpha value is -0.0400. The van der Waals surface area contributed by atoms with Crippen LogP contribution in [0.5, 0.6) is 0 Å². The summed E-state index contributed by atoms with van der Waals surface area (Å²) < 4.78 is 0. The standard InChI is InChI=1S/C7H13N/c1-5-3-6-4-7(6)8(5)2/h5-7H,3-4H2,1-2H3/t5-,6+,7-/m1/s1. The van der Waals surface area contributed by atoms with Gasteiger partial charge in [0.2, 0.25) is 0 Å². The van der Waals surface area contributed by atoms with Crippen molar-refractivity contribution in [2.45, 2.75) is 31.8 Å². The van der Waals surface area contributed by atoms with E-state index in [2.05, 4.69) is 18.9 Å². The fourth-order valence-electron chi connectivity index (χ4n) is 1.92. The molecule has 0 N–H and O–H groups in total. The zero-order valence-corrected chi connectivity index (χ0v) is 5.59. The van der Waals surface area contributed by atoms with Gasteiger partial charge in [-0.3, -0.25) is 0 Å². The number of nitrogens with zero attached hydrogens (tertiary/aromatic N) is 1. The van der Waals surface area contributed by atoms with E-state index in [4.69, 9.17) is 0 Å². The van der Waals surface area contributed by atoms with Gasteiger partial charge in [-0.25, -0.2) is 0 Å². The highest BCUT2D eigenvalue weighted by Gasteiger charge is 2.48. The maximum absolute atomic E-state index is 2.52. The van der Waals surface area contributed by atoms with Gasteiger partial charge >= 0.3 is 0 Å². The molecule has 2 rings (SSSR count). The topological polar surface area (TPSA) is 3.24 Å². The van der Waals surface area contributed by atoms with Crippen LogP contribution in [-0.2, 0) is 0 Å². The second-order valence-corrected chi connectivity index (χ2v) is 3.31. The van der Waals surface area contributed by atoms with Crippen LogP contribution < -0.4 is 0 Å². The summed E-state index contributed by atoms with van der Waals surface area (Å²) in [4.78, 5) is 2.52. The molecule has 1 saturated carbocycles. The van der Waals surface area contributed by atoms with Gasteiger partial charge in [-0.05, 0) is 32.7 Å². The van der Waals surface area contributed by atoms with E-state index in [9.17, 15) is 0 Å². The fourth-order valence-corrected chi connectivity index (χ4v) is 1.92. The molecule has 3 atom stereocenters. The van der Waals surface area contributed by atoms with E-state index in [0.717, 1.165) is 18.0 Å². The number of rotatable bonds is 0. The van der Waals surface area contributed by atoms with Crippen molar-refractivity contribution < 1.29 is 0 Å². The van der Waals surface area contributed by atoms with E-state index in [1.54, 1.807) is 0 Å². The molecule has 1 aliphatic heterocycles. The molecule has 0 aromatic heterocycles. The lowest BCUT2D eigenvalue weighted by Gasteiger charge is -2.17. The van der Waals surface area contributed by atoms with Crippen LogP contribution >= 0.6 is 0 Å². The van der Waals surface area contributed by atoms with Crippen LogP contribution in [0.25, 0.3) is 0 Å². The Balaban J connectivity index is 2.08. The van der Waals surface area contributed by atoms with Crippen molar-refractivity contribution in [2.24, 2.45) is 5.92 Å². The minimum absolute atomic E-state index is 0.874. The van der Waals surface area contributed by atoms with Crippen LogP contribution in [0, 0.1) is 5.92 Å². The van der Waals surface area contributed by atoms with Crippen molar-refractivity contribution in [1.82, 2.24) is 4.90 Å². The van der Waals surface area contributed by atoms with Crippen LogP contribution in [0.2, 0.25) is 0 Å². The van der Waals surface area contributed by atoms with Gasteiger partial charge in [-0.15, -0.1) is 0 Å². The Morgan fingerprint density at radius 1 is 1.38 bits per heavy atom. The van der Waals surface area contributed by atoms with Crippen molar-refractivity contribution in [2.75, 3.05) is 7.05 Å². The molecule has 1 heterocycles. The Labute approximate surface area is 50.7 Å². The van der Waals surface area contributed by atoms with Crippen molar-refractivity contribution >= 4 is 0 Å². The first-order chi connectivity index (χ1) is 3.79. The zero-order valence-electron chi connectivity index (χ0n) is 5.59. The molecule has 1 aliphatic carbocycles. The Morgan fingerprint density at radius 3 is 2.38 bits per heavy atom.